The second-order valence-corrected chi connectivity index (χ2v) is 12.1. The lowest BCUT2D eigenvalue weighted by Gasteiger charge is -2.56. The summed E-state index contributed by atoms with van der Waals surface area (Å²) in [6, 6.07) is 0. The highest BCUT2D eigenvalue weighted by molar-refractivity contribution is 5.02. The first-order chi connectivity index (χ1) is 13.1. The van der Waals surface area contributed by atoms with Gasteiger partial charge < -0.3 is 14.6 Å². The van der Waals surface area contributed by atoms with Crippen LogP contribution in [0.4, 0.5) is 0 Å². The molecule has 0 aromatic heterocycles. The predicted molar refractivity (Wildman–Crippen MR) is 115 cm³/mol. The zero-order chi connectivity index (χ0) is 20.5. The molecule has 0 aromatic rings. The summed E-state index contributed by atoms with van der Waals surface area (Å²) in [5, 5.41) is 10.6. The van der Waals surface area contributed by atoms with Crippen molar-refractivity contribution in [2.24, 2.45) is 29.1 Å². The van der Waals surface area contributed by atoms with E-state index in [1.807, 2.05) is 0 Å². The van der Waals surface area contributed by atoms with Crippen LogP contribution < -0.4 is 0 Å². The first-order valence-corrected chi connectivity index (χ1v) is 12.0. The number of rotatable bonds is 5. The van der Waals surface area contributed by atoms with E-state index in [2.05, 4.69) is 41.5 Å². The molecule has 3 heteroatoms. The minimum Gasteiger partial charge on any atom is -0.391 e. The molecule has 3 aliphatic rings. The van der Waals surface area contributed by atoms with Gasteiger partial charge in [-0.15, -0.1) is 0 Å². The molecule has 3 aliphatic carbocycles. The Kier molecular flexibility index (Phi) is 7.20. The molecule has 5 atom stereocenters. The average Bonchev–Trinajstić information content (AvgIpc) is 2.58. The van der Waals surface area contributed by atoms with Crippen LogP contribution in [0, 0.1) is 29.1 Å². The number of aliphatic hydroxyl groups excluding tert-OH is 1. The Hall–Kier alpha value is -0.120. The van der Waals surface area contributed by atoms with E-state index < -0.39 is 0 Å². The molecule has 0 aromatic carbocycles. The maximum absolute atomic E-state index is 10.6. The first-order valence-electron chi connectivity index (χ1n) is 12.0. The molecular weight excluding hydrogens is 348 g/mol. The molecular formula is C25H46O3. The monoisotopic (exact) mass is 394 g/mol. The summed E-state index contributed by atoms with van der Waals surface area (Å²) in [4.78, 5) is 0. The molecule has 28 heavy (non-hydrogen) atoms. The van der Waals surface area contributed by atoms with E-state index in [1.54, 1.807) is 0 Å². The molecule has 0 bridgehead atoms. The molecule has 0 amide bonds. The van der Waals surface area contributed by atoms with E-state index in [0.29, 0.717) is 42.5 Å². The zero-order valence-corrected chi connectivity index (χ0v) is 19.4. The zero-order valence-electron chi connectivity index (χ0n) is 19.4. The van der Waals surface area contributed by atoms with Crippen LogP contribution in [0.1, 0.15) is 99.3 Å². The predicted octanol–water partition coefficient (Wildman–Crippen LogP) is 5.98. The van der Waals surface area contributed by atoms with Gasteiger partial charge in [-0.2, -0.15) is 0 Å². The Morgan fingerprint density at radius 1 is 0.750 bits per heavy atom. The summed E-state index contributed by atoms with van der Waals surface area (Å²) in [5.74, 6) is 2.50. The van der Waals surface area contributed by atoms with Gasteiger partial charge in [0, 0.05) is 0 Å². The minimum absolute atomic E-state index is 0.0781. The number of aliphatic hydroxyl groups is 1. The van der Waals surface area contributed by atoms with Crippen molar-refractivity contribution in [1.29, 1.82) is 0 Å². The highest BCUT2D eigenvalue weighted by Crippen LogP contribution is 2.53. The molecule has 3 fully saturated rings. The number of ether oxygens (including phenoxy) is 2. The van der Waals surface area contributed by atoms with E-state index in [1.165, 1.54) is 51.4 Å². The molecule has 3 nitrogen and oxygen atoms in total. The Balaban J connectivity index is 1.76. The van der Waals surface area contributed by atoms with E-state index in [-0.39, 0.29) is 17.1 Å². The van der Waals surface area contributed by atoms with Crippen molar-refractivity contribution >= 4 is 0 Å². The number of fused-ring (bicyclic) bond motifs is 2. The van der Waals surface area contributed by atoms with Crippen LogP contribution >= 0.6 is 0 Å². The van der Waals surface area contributed by atoms with Gasteiger partial charge in [0.1, 0.15) is 0 Å². The highest BCUT2D eigenvalue weighted by Gasteiger charge is 2.53. The largest absolute Gasteiger partial charge is 0.391 e. The molecule has 5 unspecified atom stereocenters. The fourth-order valence-corrected chi connectivity index (χ4v) is 6.46. The summed E-state index contributed by atoms with van der Waals surface area (Å²) < 4.78 is 13.4. The van der Waals surface area contributed by atoms with Gasteiger partial charge in [0.25, 0.3) is 0 Å². The van der Waals surface area contributed by atoms with Crippen molar-refractivity contribution < 1.29 is 14.6 Å². The van der Waals surface area contributed by atoms with Gasteiger partial charge in [0.15, 0.2) is 0 Å². The quantitative estimate of drug-likeness (QED) is 0.623. The molecule has 3 saturated carbocycles. The van der Waals surface area contributed by atoms with Gasteiger partial charge in [-0.3, -0.25) is 0 Å². The van der Waals surface area contributed by atoms with Gasteiger partial charge >= 0.3 is 0 Å². The van der Waals surface area contributed by atoms with E-state index >= 15 is 0 Å². The lowest BCUT2D eigenvalue weighted by molar-refractivity contribution is -0.212. The lowest BCUT2D eigenvalue weighted by Crippen LogP contribution is -2.57. The lowest BCUT2D eigenvalue weighted by atomic mass is 9.56. The third-order valence-corrected chi connectivity index (χ3v) is 7.26. The molecule has 0 radical (unpaired) electrons. The smallest absolute Gasteiger partial charge is 0.0778 e. The third-order valence-electron chi connectivity index (χ3n) is 7.26. The molecule has 164 valence electrons. The summed E-state index contributed by atoms with van der Waals surface area (Å²) in [6.07, 6.45) is 11.6. The SMILES string of the molecule is CC(C)(C)CC(O)COC1C2CCCCC2C(OC(C)(C)C)C2CCCCC21. The maximum atomic E-state index is 10.6. The molecule has 0 heterocycles. The van der Waals surface area contributed by atoms with Crippen LogP contribution in [-0.2, 0) is 9.47 Å². The van der Waals surface area contributed by atoms with E-state index in [0.717, 1.165) is 6.42 Å². The van der Waals surface area contributed by atoms with Crippen LogP contribution in [0.2, 0.25) is 0 Å². The maximum Gasteiger partial charge on any atom is 0.0778 e. The van der Waals surface area contributed by atoms with Gasteiger partial charge in [-0.05, 0) is 82.0 Å². The van der Waals surface area contributed by atoms with Gasteiger partial charge in [0.05, 0.1) is 30.5 Å². The highest BCUT2D eigenvalue weighted by atomic mass is 16.5. The Morgan fingerprint density at radius 2 is 1.18 bits per heavy atom. The number of hydrogen-bond acceptors (Lipinski definition) is 3. The van der Waals surface area contributed by atoms with Crippen LogP contribution in [-0.4, -0.2) is 35.6 Å². The molecule has 0 saturated heterocycles. The van der Waals surface area contributed by atoms with Crippen molar-refractivity contribution in [3.05, 3.63) is 0 Å². The van der Waals surface area contributed by atoms with Crippen molar-refractivity contribution in [3.8, 4) is 0 Å². The van der Waals surface area contributed by atoms with Gasteiger partial charge in [0.2, 0.25) is 0 Å². The normalized spacial score (nSPS) is 37.8. The van der Waals surface area contributed by atoms with Crippen LogP contribution in [0.5, 0.6) is 0 Å². The average molecular weight is 395 g/mol. The molecule has 1 N–H and O–H groups in total. The van der Waals surface area contributed by atoms with Gasteiger partial charge in [-0.25, -0.2) is 0 Å². The minimum atomic E-state index is -0.354. The van der Waals surface area contributed by atoms with Crippen LogP contribution in [0.15, 0.2) is 0 Å². The first kappa shape index (κ1) is 22.6. The van der Waals surface area contributed by atoms with Crippen molar-refractivity contribution in [2.45, 2.75) is 123 Å². The van der Waals surface area contributed by atoms with Gasteiger partial charge in [-0.1, -0.05) is 46.5 Å². The Labute approximate surface area is 174 Å². The second kappa shape index (κ2) is 8.94. The van der Waals surface area contributed by atoms with Crippen LogP contribution in [0.25, 0.3) is 0 Å². The third kappa shape index (κ3) is 5.73. The summed E-state index contributed by atoms with van der Waals surface area (Å²) in [6.45, 7) is 13.7. The fraction of sp³-hybridized carbons (Fsp3) is 1.00. The summed E-state index contributed by atoms with van der Waals surface area (Å²) >= 11 is 0. The summed E-state index contributed by atoms with van der Waals surface area (Å²) in [5.41, 5.74) is 0.0625. The topological polar surface area (TPSA) is 38.7 Å². The van der Waals surface area contributed by atoms with Crippen LogP contribution in [0.3, 0.4) is 0 Å². The molecule has 0 aliphatic heterocycles. The van der Waals surface area contributed by atoms with E-state index in [9.17, 15) is 5.11 Å². The molecule has 3 rings (SSSR count). The Morgan fingerprint density at radius 3 is 1.57 bits per heavy atom. The number of hydrogen-bond donors (Lipinski definition) is 1. The standard InChI is InChI=1S/C25H46O3/c1-24(2,3)15-17(26)16-27-22-18-11-7-9-13-20(18)23(28-25(4,5)6)21-14-10-8-12-19(21)22/h17-23,26H,7-16H2,1-6H3. The molecule has 0 spiro atoms. The van der Waals surface area contributed by atoms with Crippen molar-refractivity contribution in [2.75, 3.05) is 6.61 Å². The summed E-state index contributed by atoms with van der Waals surface area (Å²) in [7, 11) is 0. The van der Waals surface area contributed by atoms with Crippen molar-refractivity contribution in [1.82, 2.24) is 0 Å². The van der Waals surface area contributed by atoms with Crippen molar-refractivity contribution in [3.63, 3.8) is 0 Å². The fourth-order valence-electron chi connectivity index (χ4n) is 6.46. The Bertz CT molecular complexity index is 465. The second-order valence-electron chi connectivity index (χ2n) is 12.1. The van der Waals surface area contributed by atoms with E-state index in [4.69, 9.17) is 9.47 Å².